The van der Waals surface area contributed by atoms with Gasteiger partial charge < -0.3 is 0 Å². The summed E-state index contributed by atoms with van der Waals surface area (Å²) in [5, 5.41) is 0. The van der Waals surface area contributed by atoms with Crippen molar-refractivity contribution in [1.82, 2.24) is 0 Å². The maximum Gasteiger partial charge on any atom is -0.0189 e. The third kappa shape index (κ3) is 5.96. The normalized spacial score (nSPS) is 11.8. The molecule has 0 aromatic rings. The number of rotatable bonds is 3. The summed E-state index contributed by atoms with van der Waals surface area (Å²) < 4.78 is 0. The van der Waals surface area contributed by atoms with E-state index in [4.69, 9.17) is 0 Å². The van der Waals surface area contributed by atoms with E-state index in [-0.39, 0.29) is 0 Å². The molecule has 0 aliphatic rings. The Morgan fingerprint density at radius 3 is 2.62 bits per heavy atom. The highest BCUT2D eigenvalue weighted by Crippen LogP contribution is 1.89. The molecule has 0 rings (SSSR count). The summed E-state index contributed by atoms with van der Waals surface area (Å²) in [6.45, 7) is 2.17. The molecule has 0 unspecified atom stereocenters. The van der Waals surface area contributed by atoms with Crippen LogP contribution in [0.4, 0.5) is 0 Å². The summed E-state index contributed by atoms with van der Waals surface area (Å²) in [5.41, 5.74) is 0. The van der Waals surface area contributed by atoms with E-state index in [1.807, 2.05) is 17.1 Å². The van der Waals surface area contributed by atoms with Gasteiger partial charge >= 0.3 is 0 Å². The molecule has 0 heterocycles. The smallest absolute Gasteiger partial charge is 0.0189 e. The van der Waals surface area contributed by atoms with Crippen molar-refractivity contribution in [2.45, 2.75) is 19.8 Å². The molecule has 0 fully saturated rings. The van der Waals surface area contributed by atoms with Crippen LogP contribution >= 0.6 is 15.9 Å². The topological polar surface area (TPSA) is 0 Å². The van der Waals surface area contributed by atoms with Gasteiger partial charge in [0, 0.05) is 0 Å². The molecule has 0 saturated carbocycles. The second-order valence-corrected chi connectivity index (χ2v) is 2.06. The van der Waals surface area contributed by atoms with Crippen molar-refractivity contribution >= 4 is 15.9 Å². The fourth-order valence-electron chi connectivity index (χ4n) is 0.383. The highest BCUT2D eigenvalue weighted by atomic mass is 79.9. The molecule has 46 valence electrons. The van der Waals surface area contributed by atoms with Gasteiger partial charge in [0.1, 0.15) is 0 Å². The summed E-state index contributed by atoms with van der Waals surface area (Å²) in [4.78, 5) is 1.85. The number of halogens is 1. The third-order valence-corrected chi connectivity index (χ3v) is 1.08. The van der Waals surface area contributed by atoms with Gasteiger partial charge in [-0.15, -0.1) is 0 Å². The SMILES string of the molecule is CCC/C=C\C=C\Br. The molecule has 1 heteroatoms. The maximum absolute atomic E-state index is 3.17. The average Bonchev–Trinajstić information content (AvgIpc) is 1.81. The van der Waals surface area contributed by atoms with Crippen molar-refractivity contribution < 1.29 is 0 Å². The van der Waals surface area contributed by atoms with Crippen molar-refractivity contribution in [3.8, 4) is 0 Å². The van der Waals surface area contributed by atoms with E-state index in [1.165, 1.54) is 12.8 Å². The minimum Gasteiger partial charge on any atom is -0.0845 e. The van der Waals surface area contributed by atoms with E-state index in [1.54, 1.807) is 0 Å². The molecule has 0 aromatic carbocycles. The predicted octanol–water partition coefficient (Wildman–Crippen LogP) is 3.25. The van der Waals surface area contributed by atoms with E-state index in [0.29, 0.717) is 0 Å². The van der Waals surface area contributed by atoms with Crippen molar-refractivity contribution in [2.75, 3.05) is 0 Å². The molecule has 0 saturated heterocycles. The molecule has 0 atom stereocenters. The van der Waals surface area contributed by atoms with E-state index in [0.717, 1.165) is 0 Å². The molecule has 0 amide bonds. The van der Waals surface area contributed by atoms with Gasteiger partial charge in [-0.2, -0.15) is 0 Å². The van der Waals surface area contributed by atoms with Gasteiger partial charge in [0.05, 0.1) is 0 Å². The van der Waals surface area contributed by atoms with E-state index >= 15 is 0 Å². The van der Waals surface area contributed by atoms with Gasteiger partial charge in [0.2, 0.25) is 0 Å². The summed E-state index contributed by atoms with van der Waals surface area (Å²) in [5.74, 6) is 0. The van der Waals surface area contributed by atoms with Gasteiger partial charge in [-0.05, 0) is 11.4 Å². The summed E-state index contributed by atoms with van der Waals surface area (Å²) in [6, 6.07) is 0. The highest BCUT2D eigenvalue weighted by molar-refractivity contribution is 9.11. The van der Waals surface area contributed by atoms with Crippen molar-refractivity contribution in [3.05, 3.63) is 23.2 Å². The first-order valence-corrected chi connectivity index (χ1v) is 3.75. The Morgan fingerprint density at radius 1 is 1.38 bits per heavy atom. The molecular weight excluding hydrogens is 164 g/mol. The summed E-state index contributed by atoms with van der Waals surface area (Å²) in [7, 11) is 0. The van der Waals surface area contributed by atoms with Crippen molar-refractivity contribution in [3.63, 3.8) is 0 Å². The molecule has 0 bridgehead atoms. The molecule has 0 aromatic heterocycles. The van der Waals surface area contributed by atoms with Gasteiger partial charge in [0.15, 0.2) is 0 Å². The van der Waals surface area contributed by atoms with Gasteiger partial charge in [-0.3, -0.25) is 0 Å². The van der Waals surface area contributed by atoms with Crippen LogP contribution in [0, 0.1) is 0 Å². The predicted molar refractivity (Wildman–Crippen MR) is 42.1 cm³/mol. The van der Waals surface area contributed by atoms with E-state index in [2.05, 4.69) is 28.9 Å². The van der Waals surface area contributed by atoms with Crippen LogP contribution in [0.2, 0.25) is 0 Å². The fourth-order valence-corrected chi connectivity index (χ4v) is 0.560. The molecular formula is C7H11Br. The van der Waals surface area contributed by atoms with Gasteiger partial charge in [-0.25, -0.2) is 0 Å². The lowest BCUT2D eigenvalue weighted by molar-refractivity contribution is 0.959. The monoisotopic (exact) mass is 174 g/mol. The Balaban J connectivity index is 3.07. The maximum atomic E-state index is 3.17. The van der Waals surface area contributed by atoms with Crippen molar-refractivity contribution in [2.24, 2.45) is 0 Å². The Hall–Kier alpha value is -0.0400. The minimum absolute atomic E-state index is 1.18. The minimum atomic E-state index is 1.18. The van der Waals surface area contributed by atoms with Crippen LogP contribution in [0.15, 0.2) is 23.2 Å². The van der Waals surface area contributed by atoms with Gasteiger partial charge in [0.25, 0.3) is 0 Å². The van der Waals surface area contributed by atoms with Crippen LogP contribution in [-0.4, -0.2) is 0 Å². The number of allylic oxidation sites excluding steroid dienone is 3. The summed E-state index contributed by atoms with van der Waals surface area (Å²) >= 11 is 3.17. The molecule has 0 aliphatic heterocycles. The Kier molecular flexibility index (Phi) is 6.93. The van der Waals surface area contributed by atoms with Crippen LogP contribution in [0.5, 0.6) is 0 Å². The lowest BCUT2D eigenvalue weighted by Gasteiger charge is -1.78. The fraction of sp³-hybridized carbons (Fsp3) is 0.429. The average molecular weight is 175 g/mol. The molecule has 0 N–H and O–H groups in total. The quantitative estimate of drug-likeness (QED) is 0.577. The number of unbranched alkanes of at least 4 members (excludes halogenated alkanes) is 1. The first kappa shape index (κ1) is 7.96. The molecule has 0 aliphatic carbocycles. The van der Waals surface area contributed by atoms with Crippen molar-refractivity contribution in [1.29, 1.82) is 0 Å². The molecule has 0 nitrogen and oxygen atoms in total. The third-order valence-electron chi connectivity index (χ3n) is 0.775. The van der Waals surface area contributed by atoms with Gasteiger partial charge in [-0.1, -0.05) is 47.5 Å². The first-order chi connectivity index (χ1) is 3.91. The van der Waals surface area contributed by atoms with Crippen LogP contribution in [-0.2, 0) is 0 Å². The summed E-state index contributed by atoms with van der Waals surface area (Å²) in [6.07, 6.45) is 8.57. The zero-order valence-corrected chi connectivity index (χ0v) is 6.69. The molecule has 0 spiro atoms. The lowest BCUT2D eigenvalue weighted by atomic mass is 10.3. The zero-order valence-electron chi connectivity index (χ0n) is 5.10. The molecule has 8 heavy (non-hydrogen) atoms. The van der Waals surface area contributed by atoms with E-state index in [9.17, 15) is 0 Å². The lowest BCUT2D eigenvalue weighted by Crippen LogP contribution is -1.57. The van der Waals surface area contributed by atoms with Crippen LogP contribution < -0.4 is 0 Å². The van der Waals surface area contributed by atoms with Crippen LogP contribution in [0.25, 0.3) is 0 Å². The standard InChI is InChI=1S/C7H11Br/c1-2-3-4-5-6-7-8/h4-7H,2-3H2,1H3/b5-4-,7-6+. The Morgan fingerprint density at radius 2 is 2.12 bits per heavy atom. The zero-order chi connectivity index (χ0) is 6.24. The second-order valence-electron chi connectivity index (χ2n) is 1.54. The second kappa shape index (κ2) is 6.96. The van der Waals surface area contributed by atoms with Crippen LogP contribution in [0.3, 0.4) is 0 Å². The largest absolute Gasteiger partial charge is 0.0845 e. The van der Waals surface area contributed by atoms with Crippen LogP contribution in [0.1, 0.15) is 19.8 Å². The highest BCUT2D eigenvalue weighted by Gasteiger charge is 1.67. The first-order valence-electron chi connectivity index (χ1n) is 2.83. The number of hydrogen-bond donors (Lipinski definition) is 0. The number of hydrogen-bond acceptors (Lipinski definition) is 0. The van der Waals surface area contributed by atoms with E-state index < -0.39 is 0 Å². The molecule has 0 radical (unpaired) electrons. The Bertz CT molecular complexity index is 82.4. The Labute approximate surface area is 59.4 Å².